The number of amides is 2. The van der Waals surface area contributed by atoms with Crippen molar-refractivity contribution in [3.63, 3.8) is 0 Å². The van der Waals surface area contributed by atoms with Gasteiger partial charge in [0.2, 0.25) is 0 Å². The Morgan fingerprint density at radius 2 is 1.85 bits per heavy atom. The van der Waals surface area contributed by atoms with E-state index in [0.717, 1.165) is 33.0 Å². The van der Waals surface area contributed by atoms with Crippen molar-refractivity contribution < 1.29 is 9.59 Å². The van der Waals surface area contributed by atoms with Crippen LogP contribution in [0.25, 0.3) is 21.9 Å². The van der Waals surface area contributed by atoms with Gasteiger partial charge in [-0.3, -0.25) is 14.6 Å². The van der Waals surface area contributed by atoms with Gasteiger partial charge in [-0.1, -0.05) is 12.1 Å². The molecule has 4 N–H and O–H groups in total. The number of carbonyl (C=O) groups is 2. The number of nitriles is 1. The summed E-state index contributed by atoms with van der Waals surface area (Å²) in [6.07, 6.45) is 5.07. The van der Waals surface area contributed by atoms with Gasteiger partial charge in [0.05, 0.1) is 11.6 Å². The summed E-state index contributed by atoms with van der Waals surface area (Å²) in [5.41, 5.74) is 11.0. The molecule has 0 aliphatic rings. The van der Waals surface area contributed by atoms with Crippen molar-refractivity contribution in [3.8, 4) is 17.2 Å². The van der Waals surface area contributed by atoms with E-state index in [1.165, 1.54) is 0 Å². The highest BCUT2D eigenvalue weighted by atomic mass is 16.2. The highest BCUT2D eigenvalue weighted by Crippen LogP contribution is 2.31. The lowest BCUT2D eigenvalue weighted by molar-refractivity contribution is -0.136. The first-order valence-electron chi connectivity index (χ1n) is 10.1. The quantitative estimate of drug-likeness (QED) is 0.332. The zero-order valence-corrected chi connectivity index (χ0v) is 17.8. The summed E-state index contributed by atoms with van der Waals surface area (Å²) < 4.78 is 0. The van der Waals surface area contributed by atoms with Crippen molar-refractivity contribution in [2.75, 3.05) is 11.1 Å². The minimum atomic E-state index is -0.831. The predicted octanol–water partition coefficient (Wildman–Crippen LogP) is 3.31. The number of nitrogen functional groups attached to an aromatic ring is 1. The number of nitrogens with one attached hydrogen (secondary N) is 2. The molecule has 0 aliphatic heterocycles. The third-order valence-electron chi connectivity index (χ3n) is 5.20. The maximum atomic E-state index is 12.3. The third kappa shape index (κ3) is 4.78. The van der Waals surface area contributed by atoms with E-state index in [-0.39, 0.29) is 12.4 Å². The van der Waals surface area contributed by atoms with Gasteiger partial charge >= 0.3 is 11.8 Å². The highest BCUT2D eigenvalue weighted by Gasteiger charge is 2.15. The van der Waals surface area contributed by atoms with Crippen molar-refractivity contribution in [1.82, 2.24) is 15.3 Å². The summed E-state index contributed by atoms with van der Waals surface area (Å²) in [4.78, 5) is 32.9. The summed E-state index contributed by atoms with van der Waals surface area (Å²) in [6.45, 7) is 2.15. The largest absolute Gasteiger partial charge is 0.398 e. The number of hydrogen-bond acceptors (Lipinski definition) is 6. The molecule has 0 aliphatic carbocycles. The SMILES string of the molecule is Cc1ccncc1-c1cc(N)c2cnc(NC(=O)C(=O)NCc3ccc(C#N)cc3)cc2c1. The molecule has 8 nitrogen and oxygen atoms in total. The Labute approximate surface area is 190 Å². The Hall–Kier alpha value is -4.77. The number of aryl methyl sites for hydroxylation is 1. The molecular formula is C25H20N6O2. The van der Waals surface area contributed by atoms with Crippen LogP contribution >= 0.6 is 0 Å². The first-order chi connectivity index (χ1) is 15.9. The molecule has 8 heteroatoms. The van der Waals surface area contributed by atoms with Crippen LogP contribution in [0.2, 0.25) is 0 Å². The molecule has 162 valence electrons. The van der Waals surface area contributed by atoms with Crippen LogP contribution < -0.4 is 16.4 Å². The van der Waals surface area contributed by atoms with Crippen LogP contribution in [-0.2, 0) is 16.1 Å². The molecule has 0 spiro atoms. The van der Waals surface area contributed by atoms with Crippen molar-refractivity contribution >= 4 is 34.1 Å². The molecule has 2 aromatic carbocycles. The summed E-state index contributed by atoms with van der Waals surface area (Å²) in [6, 6.07) is 16.2. The van der Waals surface area contributed by atoms with Gasteiger partial charge in [0, 0.05) is 41.8 Å². The lowest BCUT2D eigenvalue weighted by atomic mass is 9.99. The van der Waals surface area contributed by atoms with Gasteiger partial charge < -0.3 is 16.4 Å². The van der Waals surface area contributed by atoms with Crippen molar-refractivity contribution in [1.29, 1.82) is 5.26 Å². The van der Waals surface area contributed by atoms with Gasteiger partial charge in [0.15, 0.2) is 0 Å². The van der Waals surface area contributed by atoms with Crippen LogP contribution in [0.4, 0.5) is 11.5 Å². The standard InChI is InChI=1S/C25H20N6O2/c1-15-6-7-28-13-20(15)18-8-19-10-23(29-14-21(19)22(27)9-18)31-25(33)24(32)30-12-17-4-2-16(11-26)3-5-17/h2-10,13-14H,12,27H2,1H3,(H,30,32)(H,29,31,33). The number of fused-ring (bicyclic) bond motifs is 1. The first-order valence-corrected chi connectivity index (χ1v) is 10.1. The van der Waals surface area contributed by atoms with E-state index < -0.39 is 11.8 Å². The van der Waals surface area contributed by atoms with E-state index in [1.54, 1.807) is 48.9 Å². The van der Waals surface area contributed by atoms with E-state index in [1.807, 2.05) is 31.2 Å². The minimum absolute atomic E-state index is 0.160. The summed E-state index contributed by atoms with van der Waals surface area (Å²) in [5, 5.41) is 15.4. The van der Waals surface area contributed by atoms with Crippen LogP contribution in [-0.4, -0.2) is 21.8 Å². The second-order valence-corrected chi connectivity index (χ2v) is 7.49. The number of hydrogen-bond donors (Lipinski definition) is 3. The second kappa shape index (κ2) is 9.16. The molecule has 4 rings (SSSR count). The zero-order chi connectivity index (χ0) is 23.4. The number of benzene rings is 2. The number of aromatic nitrogens is 2. The highest BCUT2D eigenvalue weighted by molar-refractivity contribution is 6.39. The van der Waals surface area contributed by atoms with Crippen LogP contribution in [0.5, 0.6) is 0 Å². The van der Waals surface area contributed by atoms with Gasteiger partial charge in [0.1, 0.15) is 5.82 Å². The molecule has 33 heavy (non-hydrogen) atoms. The molecule has 0 bridgehead atoms. The van der Waals surface area contributed by atoms with Crippen LogP contribution in [0.1, 0.15) is 16.7 Å². The average Bonchev–Trinajstić information content (AvgIpc) is 2.82. The van der Waals surface area contributed by atoms with E-state index in [9.17, 15) is 9.59 Å². The summed E-state index contributed by atoms with van der Waals surface area (Å²) in [5.74, 6) is -1.39. The molecule has 2 heterocycles. The van der Waals surface area contributed by atoms with Gasteiger partial charge in [-0.15, -0.1) is 0 Å². The summed E-state index contributed by atoms with van der Waals surface area (Å²) >= 11 is 0. The van der Waals surface area contributed by atoms with E-state index in [0.29, 0.717) is 11.3 Å². The molecule has 0 fully saturated rings. The number of nitrogens with zero attached hydrogens (tertiary/aromatic N) is 3. The first kappa shape index (κ1) is 21.5. The Morgan fingerprint density at radius 1 is 1.06 bits per heavy atom. The van der Waals surface area contributed by atoms with E-state index in [4.69, 9.17) is 11.0 Å². The van der Waals surface area contributed by atoms with E-state index in [2.05, 4.69) is 20.6 Å². The lowest BCUT2D eigenvalue weighted by Crippen LogP contribution is -2.35. The Bertz CT molecular complexity index is 1410. The van der Waals surface area contributed by atoms with Gasteiger partial charge in [0.25, 0.3) is 0 Å². The van der Waals surface area contributed by atoms with E-state index >= 15 is 0 Å². The van der Waals surface area contributed by atoms with Gasteiger partial charge in [-0.2, -0.15) is 5.26 Å². The molecule has 0 saturated heterocycles. The van der Waals surface area contributed by atoms with Crippen LogP contribution in [0.15, 0.2) is 67.1 Å². The van der Waals surface area contributed by atoms with Crippen LogP contribution in [0, 0.1) is 18.3 Å². The number of pyridine rings is 2. The fraction of sp³-hybridized carbons (Fsp3) is 0.0800. The Balaban J connectivity index is 1.49. The summed E-state index contributed by atoms with van der Waals surface area (Å²) in [7, 11) is 0. The van der Waals surface area contributed by atoms with Gasteiger partial charge in [-0.25, -0.2) is 4.98 Å². The molecule has 0 atom stereocenters. The Morgan fingerprint density at radius 3 is 2.58 bits per heavy atom. The molecule has 0 unspecified atom stereocenters. The number of anilines is 2. The van der Waals surface area contributed by atoms with Crippen molar-refractivity contribution in [3.05, 3.63) is 83.8 Å². The zero-order valence-electron chi connectivity index (χ0n) is 17.8. The third-order valence-corrected chi connectivity index (χ3v) is 5.20. The molecule has 4 aromatic rings. The van der Waals surface area contributed by atoms with Crippen LogP contribution in [0.3, 0.4) is 0 Å². The molecule has 2 aromatic heterocycles. The fourth-order valence-corrected chi connectivity index (χ4v) is 3.41. The minimum Gasteiger partial charge on any atom is -0.398 e. The van der Waals surface area contributed by atoms with Crippen molar-refractivity contribution in [2.45, 2.75) is 13.5 Å². The monoisotopic (exact) mass is 436 g/mol. The number of nitrogens with two attached hydrogens (primary N) is 1. The smallest absolute Gasteiger partial charge is 0.314 e. The predicted molar refractivity (Wildman–Crippen MR) is 126 cm³/mol. The second-order valence-electron chi connectivity index (χ2n) is 7.49. The molecule has 0 radical (unpaired) electrons. The maximum absolute atomic E-state index is 12.3. The molecule has 0 saturated carbocycles. The average molecular weight is 436 g/mol. The Kier molecular flexibility index (Phi) is 5.96. The number of carbonyl (C=O) groups excluding carboxylic acids is 2. The maximum Gasteiger partial charge on any atom is 0.314 e. The van der Waals surface area contributed by atoms with Crippen molar-refractivity contribution in [2.24, 2.45) is 0 Å². The number of rotatable bonds is 4. The molecular weight excluding hydrogens is 416 g/mol. The topological polar surface area (TPSA) is 134 Å². The fourth-order valence-electron chi connectivity index (χ4n) is 3.41. The lowest BCUT2D eigenvalue weighted by Gasteiger charge is -2.11. The molecule has 2 amide bonds. The van der Waals surface area contributed by atoms with Gasteiger partial charge in [-0.05, 0) is 65.4 Å². The normalized spacial score (nSPS) is 10.4.